The number of benzene rings is 3. The lowest BCUT2D eigenvalue weighted by atomic mass is 10.0. The molecule has 0 spiro atoms. The van der Waals surface area contributed by atoms with Gasteiger partial charge in [0.25, 0.3) is 5.91 Å². The summed E-state index contributed by atoms with van der Waals surface area (Å²) < 4.78 is 39.5. The van der Waals surface area contributed by atoms with Crippen molar-refractivity contribution in [3.8, 4) is 11.5 Å². The first-order chi connectivity index (χ1) is 18.8. The first-order valence-electron chi connectivity index (χ1n) is 12.7. The number of aliphatic hydroxyl groups is 1. The minimum atomic E-state index is -1.03. The smallest absolute Gasteiger partial charge is 0.261 e. The lowest BCUT2D eigenvalue weighted by Crippen LogP contribution is -2.48. The Labute approximate surface area is 230 Å². The number of hydrogen-bond donors (Lipinski definition) is 3. The molecular formula is C30H32F2N2O4S. The Morgan fingerprint density at radius 2 is 1.72 bits per heavy atom. The Balaban J connectivity index is 1.53. The number of methoxy groups -OCH3 is 2. The molecule has 0 aliphatic carbocycles. The fourth-order valence-electron chi connectivity index (χ4n) is 4.52. The van der Waals surface area contributed by atoms with Crippen LogP contribution in [0.25, 0.3) is 10.1 Å². The van der Waals surface area contributed by atoms with Gasteiger partial charge in [-0.05, 0) is 59.9 Å². The van der Waals surface area contributed by atoms with Crippen LogP contribution in [0.3, 0.4) is 0 Å². The van der Waals surface area contributed by atoms with Gasteiger partial charge in [-0.1, -0.05) is 31.2 Å². The molecule has 3 aromatic carbocycles. The van der Waals surface area contributed by atoms with E-state index in [0.29, 0.717) is 28.5 Å². The number of ether oxygens (including phenoxy) is 2. The summed E-state index contributed by atoms with van der Waals surface area (Å²) in [5.41, 5.74) is 2.62. The molecule has 0 saturated heterocycles. The van der Waals surface area contributed by atoms with E-state index in [2.05, 4.69) is 29.7 Å². The van der Waals surface area contributed by atoms with Gasteiger partial charge < -0.3 is 25.2 Å². The molecule has 39 heavy (non-hydrogen) atoms. The fraction of sp³-hybridized carbons (Fsp3) is 0.300. The molecule has 0 bridgehead atoms. The molecular weight excluding hydrogens is 522 g/mol. The van der Waals surface area contributed by atoms with Crippen LogP contribution in [0.4, 0.5) is 8.78 Å². The second kappa shape index (κ2) is 13.0. The second-order valence-corrected chi connectivity index (χ2v) is 10.3. The molecule has 0 aliphatic rings. The van der Waals surface area contributed by atoms with Gasteiger partial charge in [-0.2, -0.15) is 0 Å². The predicted molar refractivity (Wildman–Crippen MR) is 150 cm³/mol. The predicted octanol–water partition coefficient (Wildman–Crippen LogP) is 5.25. The van der Waals surface area contributed by atoms with E-state index in [1.54, 1.807) is 19.2 Å². The topological polar surface area (TPSA) is 79.8 Å². The zero-order valence-corrected chi connectivity index (χ0v) is 22.9. The van der Waals surface area contributed by atoms with E-state index in [4.69, 9.17) is 9.47 Å². The van der Waals surface area contributed by atoms with Crippen LogP contribution in [0, 0.1) is 11.6 Å². The number of carbonyl (C=O) groups is 1. The molecule has 9 heteroatoms. The van der Waals surface area contributed by atoms with Gasteiger partial charge in [-0.15, -0.1) is 11.3 Å². The molecule has 6 nitrogen and oxygen atoms in total. The molecule has 4 aromatic rings. The number of halogens is 2. The van der Waals surface area contributed by atoms with Crippen LogP contribution in [0.2, 0.25) is 0 Å². The van der Waals surface area contributed by atoms with Gasteiger partial charge in [0.15, 0.2) is 11.5 Å². The van der Waals surface area contributed by atoms with Crippen LogP contribution >= 0.6 is 11.3 Å². The quantitative estimate of drug-likeness (QED) is 0.223. The van der Waals surface area contributed by atoms with Crippen molar-refractivity contribution in [1.29, 1.82) is 0 Å². The monoisotopic (exact) mass is 554 g/mol. The second-order valence-electron chi connectivity index (χ2n) is 9.26. The molecule has 0 saturated carbocycles. The third kappa shape index (κ3) is 7.11. The van der Waals surface area contributed by atoms with E-state index in [1.807, 2.05) is 18.2 Å². The van der Waals surface area contributed by atoms with E-state index in [-0.39, 0.29) is 13.0 Å². The average Bonchev–Trinajstić information content (AvgIpc) is 3.36. The lowest BCUT2D eigenvalue weighted by Gasteiger charge is -2.25. The lowest BCUT2D eigenvalue weighted by molar-refractivity contribution is 0.0833. The Morgan fingerprint density at radius 3 is 2.41 bits per heavy atom. The normalized spacial score (nSPS) is 12.8. The molecule has 3 N–H and O–H groups in total. The first kappa shape index (κ1) is 28.5. The minimum Gasteiger partial charge on any atom is -0.493 e. The first-order valence-corrected chi connectivity index (χ1v) is 13.5. The van der Waals surface area contributed by atoms with Crippen molar-refractivity contribution in [3.05, 3.63) is 93.9 Å². The number of thiophene rings is 1. The van der Waals surface area contributed by atoms with E-state index >= 15 is 0 Å². The fourth-order valence-corrected chi connectivity index (χ4v) is 5.48. The summed E-state index contributed by atoms with van der Waals surface area (Å²) >= 11 is 1.27. The summed E-state index contributed by atoms with van der Waals surface area (Å²) in [6.07, 6.45) is -0.0689. The van der Waals surface area contributed by atoms with E-state index in [9.17, 15) is 18.7 Å². The van der Waals surface area contributed by atoms with Crippen molar-refractivity contribution < 1.29 is 28.2 Å². The van der Waals surface area contributed by atoms with E-state index in [0.717, 1.165) is 28.1 Å². The zero-order valence-electron chi connectivity index (χ0n) is 22.1. The molecule has 0 radical (unpaired) electrons. The largest absolute Gasteiger partial charge is 0.493 e. The van der Waals surface area contributed by atoms with Crippen LogP contribution in [-0.2, 0) is 19.4 Å². The maximum Gasteiger partial charge on any atom is 0.261 e. The molecule has 1 amide bonds. The molecule has 1 heterocycles. The average molecular weight is 555 g/mol. The summed E-state index contributed by atoms with van der Waals surface area (Å²) in [5, 5.41) is 17.9. The zero-order chi connectivity index (χ0) is 27.9. The van der Waals surface area contributed by atoms with Crippen LogP contribution in [0.5, 0.6) is 11.5 Å². The highest BCUT2D eigenvalue weighted by molar-refractivity contribution is 7.20. The summed E-state index contributed by atoms with van der Waals surface area (Å²) in [4.78, 5) is 13.7. The van der Waals surface area contributed by atoms with Crippen molar-refractivity contribution in [3.63, 3.8) is 0 Å². The van der Waals surface area contributed by atoms with Gasteiger partial charge in [0, 0.05) is 29.2 Å². The molecule has 0 fully saturated rings. The van der Waals surface area contributed by atoms with E-state index < -0.39 is 29.7 Å². The van der Waals surface area contributed by atoms with Crippen molar-refractivity contribution in [2.75, 3.05) is 20.8 Å². The van der Waals surface area contributed by atoms with Crippen molar-refractivity contribution >= 4 is 27.3 Å². The number of nitrogens with one attached hydrogen (secondary N) is 2. The standard InChI is InChI=1S/C30H32F2N2O4S/c1-4-18-6-5-7-19(10-18)16-33-17-25(35)24(13-20-11-21(31)14-22(32)12-20)34-30(36)28-15-23-27(39-28)9-8-26(37-2)29(23)38-3/h5-12,14-15,24-25,33,35H,4,13,16-17H2,1-3H3,(H,34,36)/t24-,25-/m0/s1. The van der Waals surface area contributed by atoms with Crippen molar-refractivity contribution in [2.45, 2.75) is 38.5 Å². The molecule has 4 rings (SSSR count). The Hall–Kier alpha value is -3.53. The third-order valence-corrected chi connectivity index (χ3v) is 7.60. The maximum atomic E-state index is 13.9. The SMILES string of the molecule is CCc1cccc(CNC[C@H](O)[C@H](Cc2cc(F)cc(F)c2)NC(=O)c2cc3c(OC)c(OC)ccc3s2)c1. The summed E-state index contributed by atoms with van der Waals surface area (Å²) in [6, 6.07) is 15.9. The van der Waals surface area contributed by atoms with E-state index in [1.165, 1.54) is 36.1 Å². The molecule has 0 unspecified atom stereocenters. The number of carbonyl (C=O) groups excluding carboxylic acids is 1. The highest BCUT2D eigenvalue weighted by Crippen LogP contribution is 2.39. The molecule has 0 aliphatic heterocycles. The van der Waals surface area contributed by atoms with Gasteiger partial charge in [-0.25, -0.2) is 8.78 Å². The summed E-state index contributed by atoms with van der Waals surface area (Å²) in [6.45, 7) is 2.77. The van der Waals surface area contributed by atoms with Gasteiger partial charge in [0.05, 0.1) is 31.2 Å². The van der Waals surface area contributed by atoms with Gasteiger partial charge in [-0.3, -0.25) is 4.79 Å². The van der Waals surface area contributed by atoms with Crippen LogP contribution in [-0.4, -0.2) is 43.9 Å². The number of aliphatic hydroxyl groups excluding tert-OH is 1. The third-order valence-electron chi connectivity index (χ3n) is 6.50. The van der Waals surface area contributed by atoms with Crippen molar-refractivity contribution in [1.82, 2.24) is 10.6 Å². The number of rotatable bonds is 12. The highest BCUT2D eigenvalue weighted by atomic mass is 32.1. The Kier molecular flexibility index (Phi) is 9.50. The van der Waals surface area contributed by atoms with Gasteiger partial charge in [0.2, 0.25) is 0 Å². The van der Waals surface area contributed by atoms with Crippen molar-refractivity contribution in [2.24, 2.45) is 0 Å². The van der Waals surface area contributed by atoms with Gasteiger partial charge in [0.1, 0.15) is 11.6 Å². The Bertz CT molecular complexity index is 1420. The molecule has 2 atom stereocenters. The van der Waals surface area contributed by atoms with Crippen LogP contribution in [0.15, 0.2) is 60.7 Å². The van der Waals surface area contributed by atoms with Crippen LogP contribution in [0.1, 0.15) is 33.3 Å². The van der Waals surface area contributed by atoms with Gasteiger partial charge >= 0.3 is 0 Å². The summed E-state index contributed by atoms with van der Waals surface area (Å²) in [5.74, 6) is -0.776. The number of amides is 1. The number of fused-ring (bicyclic) bond motifs is 1. The Morgan fingerprint density at radius 1 is 0.974 bits per heavy atom. The minimum absolute atomic E-state index is 0.0383. The maximum absolute atomic E-state index is 13.9. The molecule has 1 aromatic heterocycles. The number of hydrogen-bond acceptors (Lipinski definition) is 6. The summed E-state index contributed by atoms with van der Waals surface area (Å²) in [7, 11) is 3.07. The van der Waals surface area contributed by atoms with Crippen LogP contribution < -0.4 is 20.1 Å². The highest BCUT2D eigenvalue weighted by Gasteiger charge is 2.24. The molecule has 206 valence electrons. The number of aryl methyl sites for hydroxylation is 1.